The molecule has 10 nitrogen and oxygen atoms in total. The second-order valence-electron chi connectivity index (χ2n) is 18.4. The van der Waals surface area contributed by atoms with Crippen LogP contribution in [0, 0.1) is 6.92 Å². The van der Waals surface area contributed by atoms with E-state index in [4.69, 9.17) is 10.2 Å². The van der Waals surface area contributed by atoms with Crippen molar-refractivity contribution in [3.63, 3.8) is 0 Å². The van der Waals surface area contributed by atoms with Gasteiger partial charge in [-0.2, -0.15) is 10.2 Å². The Hall–Kier alpha value is -8.24. The number of rotatable bonds is 11. The van der Waals surface area contributed by atoms with Crippen LogP contribution in [0.25, 0.3) is 34.4 Å². The molecule has 0 saturated heterocycles. The first-order valence-corrected chi connectivity index (χ1v) is 23.9. The lowest BCUT2D eigenvalue weighted by Crippen LogP contribution is -2.42. The van der Waals surface area contributed by atoms with Crippen molar-refractivity contribution in [1.29, 1.82) is 0 Å². The quantitative estimate of drug-likeness (QED) is 0.123. The number of aliphatic carboxylic acids is 2. The third-order valence-electron chi connectivity index (χ3n) is 13.5. The monoisotopic (exact) mass is 926 g/mol. The van der Waals surface area contributed by atoms with Crippen molar-refractivity contribution in [3.8, 4) is 22.3 Å². The SMILES string of the molecule is CCc1ccc(N2C(C)Cc3cc(-c4cnn(C)c4)ccc3C2c2ccc(/C=C/C(=O)O)cc2)cc1.Cc1ccc(N2CCc3cc(-c4cnn(C)c4)ccc3C2c2ccc(/C=C/C(=O)O)cc2)cc1. The first-order chi connectivity index (χ1) is 33.9. The van der Waals surface area contributed by atoms with Crippen molar-refractivity contribution in [2.75, 3.05) is 16.3 Å². The molecule has 3 unspecified atom stereocenters. The predicted molar refractivity (Wildman–Crippen MR) is 281 cm³/mol. The van der Waals surface area contributed by atoms with Crippen LogP contribution < -0.4 is 9.80 Å². The van der Waals surface area contributed by atoms with E-state index in [-0.39, 0.29) is 12.1 Å². The Kier molecular flexibility index (Phi) is 13.8. The topological polar surface area (TPSA) is 117 Å². The van der Waals surface area contributed by atoms with E-state index in [9.17, 15) is 9.59 Å². The number of aryl methyl sites for hydroxylation is 4. The van der Waals surface area contributed by atoms with Crippen LogP contribution in [-0.4, -0.2) is 54.3 Å². The maximum atomic E-state index is 10.9. The van der Waals surface area contributed by atoms with Crippen molar-refractivity contribution in [2.24, 2.45) is 14.1 Å². The number of hydrogen-bond donors (Lipinski definition) is 2. The Morgan fingerprint density at radius 3 is 1.61 bits per heavy atom. The van der Waals surface area contributed by atoms with Crippen molar-refractivity contribution in [2.45, 2.75) is 58.2 Å². The summed E-state index contributed by atoms with van der Waals surface area (Å²) in [7, 11) is 3.88. The molecule has 2 aliphatic heterocycles. The van der Waals surface area contributed by atoms with Gasteiger partial charge in [-0.3, -0.25) is 9.36 Å². The van der Waals surface area contributed by atoms with Crippen LogP contribution in [-0.2, 0) is 42.9 Å². The number of carboxylic acids is 2. The summed E-state index contributed by atoms with van der Waals surface area (Å²) < 4.78 is 3.67. The number of aromatic nitrogens is 4. The van der Waals surface area contributed by atoms with Crippen LogP contribution in [0.1, 0.15) is 81.6 Å². The molecular weight excluding hydrogens is 869 g/mol. The third kappa shape index (κ3) is 10.4. The molecule has 10 rings (SSSR count). The first kappa shape index (κ1) is 46.9. The molecule has 2 aliphatic rings. The first-order valence-electron chi connectivity index (χ1n) is 23.9. The number of carboxylic acid groups (broad SMARTS) is 2. The summed E-state index contributed by atoms with van der Waals surface area (Å²) in [5.41, 5.74) is 19.0. The zero-order valence-electron chi connectivity index (χ0n) is 40.3. The van der Waals surface area contributed by atoms with Gasteiger partial charge in [-0.05, 0) is 131 Å². The van der Waals surface area contributed by atoms with Gasteiger partial charge in [0.05, 0.1) is 24.5 Å². The molecule has 0 spiro atoms. The summed E-state index contributed by atoms with van der Waals surface area (Å²) in [4.78, 5) is 26.8. The minimum atomic E-state index is -0.944. The highest BCUT2D eigenvalue weighted by atomic mass is 16.4. The molecule has 0 aliphatic carbocycles. The van der Waals surface area contributed by atoms with Gasteiger partial charge in [0.25, 0.3) is 0 Å². The Balaban J connectivity index is 0.000000174. The lowest BCUT2D eigenvalue weighted by Gasteiger charge is -2.44. The van der Waals surface area contributed by atoms with Crippen LogP contribution in [0.3, 0.4) is 0 Å². The molecule has 0 bridgehead atoms. The van der Waals surface area contributed by atoms with Gasteiger partial charge < -0.3 is 20.0 Å². The number of benzene rings is 6. The van der Waals surface area contributed by atoms with E-state index < -0.39 is 11.9 Å². The van der Waals surface area contributed by atoms with Crippen molar-refractivity contribution in [1.82, 2.24) is 19.6 Å². The van der Waals surface area contributed by atoms with E-state index in [0.717, 1.165) is 48.1 Å². The average Bonchev–Trinajstić information content (AvgIpc) is 4.02. The molecule has 0 saturated carbocycles. The molecule has 2 aromatic heterocycles. The van der Waals surface area contributed by atoms with Gasteiger partial charge in [0.15, 0.2) is 0 Å². The zero-order chi connectivity index (χ0) is 48.9. The van der Waals surface area contributed by atoms with Crippen molar-refractivity contribution >= 4 is 35.5 Å². The normalized spacial score (nSPS) is 16.4. The second-order valence-corrected chi connectivity index (χ2v) is 18.4. The molecule has 3 atom stereocenters. The minimum absolute atomic E-state index is 0.0525. The fourth-order valence-electron chi connectivity index (χ4n) is 9.93. The van der Waals surface area contributed by atoms with E-state index in [1.54, 1.807) is 12.2 Å². The number of nitrogens with zero attached hydrogens (tertiary/aromatic N) is 6. The summed E-state index contributed by atoms with van der Waals surface area (Å²) in [5, 5.41) is 26.6. The van der Waals surface area contributed by atoms with Gasteiger partial charge in [-0.15, -0.1) is 0 Å². The van der Waals surface area contributed by atoms with Gasteiger partial charge in [0.2, 0.25) is 0 Å². The molecular formula is C60H58N6O4. The summed E-state index contributed by atoms with van der Waals surface area (Å²) in [6.45, 7) is 7.50. The zero-order valence-corrected chi connectivity index (χ0v) is 40.3. The van der Waals surface area contributed by atoms with Gasteiger partial charge in [-0.1, -0.05) is 122 Å². The molecule has 0 amide bonds. The molecule has 8 aromatic rings. The summed E-state index contributed by atoms with van der Waals surface area (Å²) in [6.07, 6.45) is 16.5. The Bertz CT molecular complexity index is 3180. The van der Waals surface area contributed by atoms with Crippen LogP contribution in [0.4, 0.5) is 11.4 Å². The molecule has 4 heterocycles. The van der Waals surface area contributed by atoms with Gasteiger partial charge in [0.1, 0.15) is 0 Å². The number of hydrogen-bond acceptors (Lipinski definition) is 6. The maximum Gasteiger partial charge on any atom is 0.328 e. The molecule has 6 aromatic carbocycles. The second kappa shape index (κ2) is 20.5. The summed E-state index contributed by atoms with van der Waals surface area (Å²) >= 11 is 0. The van der Waals surface area contributed by atoms with Crippen LogP contribution in [0.2, 0.25) is 0 Å². The Labute approximate surface area is 410 Å². The standard InChI is InChI=1S/C31H31N3O2.C29H27N3O2/c1-4-22-7-13-28(14-8-22)34-21(2)17-26-18-25(27-19-32-33(3)20-27)12-15-29(26)31(34)24-10-5-23(6-11-24)9-16-30(35)36;1-20-3-11-26(12-4-20)32-16-15-24-17-23(25-18-30-31(2)19-25)10-13-27(24)29(32)22-8-5-21(6-9-22)7-14-28(33)34/h5-16,18-21,31H,4,17H2,1-3H3,(H,35,36);3-14,17-19,29H,15-16H2,1-2H3,(H,33,34)/b16-9+;14-7+. The average molecular weight is 927 g/mol. The van der Waals surface area contributed by atoms with Crippen LogP contribution in [0.5, 0.6) is 0 Å². The minimum Gasteiger partial charge on any atom is -0.478 e. The van der Waals surface area contributed by atoms with E-state index in [0.29, 0.717) is 6.04 Å². The number of anilines is 2. The Morgan fingerprint density at radius 1 is 0.614 bits per heavy atom. The molecule has 2 N–H and O–H groups in total. The summed E-state index contributed by atoms with van der Waals surface area (Å²) in [5.74, 6) is -1.89. The largest absolute Gasteiger partial charge is 0.478 e. The lowest BCUT2D eigenvalue weighted by molar-refractivity contribution is -0.132. The van der Waals surface area contributed by atoms with Crippen molar-refractivity contribution in [3.05, 3.63) is 226 Å². The predicted octanol–water partition coefficient (Wildman–Crippen LogP) is 11.9. The van der Waals surface area contributed by atoms with E-state index in [2.05, 4.69) is 156 Å². The third-order valence-corrected chi connectivity index (χ3v) is 13.5. The summed E-state index contributed by atoms with van der Waals surface area (Å²) in [6, 6.07) is 48.0. The van der Waals surface area contributed by atoms with Gasteiger partial charge >= 0.3 is 11.9 Å². The molecule has 10 heteroatoms. The smallest absolute Gasteiger partial charge is 0.328 e. The Morgan fingerprint density at radius 2 is 1.11 bits per heavy atom. The highest BCUT2D eigenvalue weighted by Gasteiger charge is 2.34. The molecule has 70 heavy (non-hydrogen) atoms. The molecule has 0 fully saturated rings. The number of fused-ring (bicyclic) bond motifs is 2. The highest BCUT2D eigenvalue weighted by molar-refractivity contribution is 5.86. The van der Waals surface area contributed by atoms with Gasteiger partial charge in [0, 0.05) is 73.7 Å². The number of carbonyl (C=O) groups is 2. The van der Waals surface area contributed by atoms with Crippen LogP contribution >= 0.6 is 0 Å². The van der Waals surface area contributed by atoms with E-state index in [1.807, 2.05) is 66.3 Å². The van der Waals surface area contributed by atoms with Gasteiger partial charge in [-0.25, -0.2) is 9.59 Å². The maximum absolute atomic E-state index is 10.9. The highest BCUT2D eigenvalue weighted by Crippen LogP contribution is 2.43. The van der Waals surface area contributed by atoms with E-state index in [1.165, 1.54) is 79.2 Å². The molecule has 352 valence electrons. The fourth-order valence-corrected chi connectivity index (χ4v) is 9.93. The molecule has 0 radical (unpaired) electrons. The van der Waals surface area contributed by atoms with Crippen molar-refractivity contribution < 1.29 is 19.8 Å². The van der Waals surface area contributed by atoms with E-state index >= 15 is 0 Å². The fraction of sp³-hybridized carbons (Fsp3) is 0.200. The lowest BCUT2D eigenvalue weighted by atomic mass is 9.83. The van der Waals surface area contributed by atoms with Crippen LogP contribution in [0.15, 0.2) is 170 Å².